The maximum atomic E-state index is 12.8. The van der Waals surface area contributed by atoms with Gasteiger partial charge in [0, 0.05) is 0 Å². The van der Waals surface area contributed by atoms with E-state index in [0.29, 0.717) is 6.07 Å². The van der Waals surface area contributed by atoms with Crippen molar-refractivity contribution in [1.82, 2.24) is 0 Å². The molecule has 1 rings (SSSR count). The molecule has 1 aromatic rings. The zero-order valence-corrected chi connectivity index (χ0v) is 6.21. The largest absolute Gasteiger partial charge is 0.478 e. The third-order valence-electron chi connectivity index (χ3n) is 1.43. The van der Waals surface area contributed by atoms with Crippen molar-refractivity contribution in [2.75, 3.05) is 0 Å². The molecule has 0 spiro atoms. The number of halogens is 2. The molecule has 1 aromatic carbocycles. The minimum atomic E-state index is -1.66. The first-order valence-electron chi connectivity index (χ1n) is 3.19. The van der Waals surface area contributed by atoms with Gasteiger partial charge in [0.05, 0.1) is 5.56 Å². The van der Waals surface area contributed by atoms with Crippen LogP contribution in [0.4, 0.5) is 8.78 Å². The Kier molecular flexibility index (Phi) is 2.24. The van der Waals surface area contributed by atoms with Crippen LogP contribution in [0.25, 0.3) is 0 Å². The fourth-order valence-corrected chi connectivity index (χ4v) is 0.853. The maximum absolute atomic E-state index is 12.8. The van der Waals surface area contributed by atoms with Crippen LogP contribution in [0.5, 0.6) is 0 Å². The van der Waals surface area contributed by atoms with E-state index >= 15 is 0 Å². The molecule has 0 bridgehead atoms. The van der Waals surface area contributed by atoms with Crippen LogP contribution in [0.15, 0.2) is 12.1 Å². The third-order valence-corrected chi connectivity index (χ3v) is 1.43. The molecular formula is C8H3F2NO2. The van der Waals surface area contributed by atoms with Crippen LogP contribution < -0.4 is 0 Å². The average Bonchev–Trinajstić information content (AvgIpc) is 2.08. The van der Waals surface area contributed by atoms with E-state index in [1.807, 2.05) is 0 Å². The molecule has 3 nitrogen and oxygen atoms in total. The second kappa shape index (κ2) is 3.19. The number of hydrogen-bond acceptors (Lipinski definition) is 2. The van der Waals surface area contributed by atoms with Gasteiger partial charge in [-0.15, -0.1) is 0 Å². The van der Waals surface area contributed by atoms with Crippen LogP contribution in [0.1, 0.15) is 15.9 Å². The highest BCUT2D eigenvalue weighted by molar-refractivity contribution is 5.90. The molecule has 0 aliphatic heterocycles. The Morgan fingerprint density at radius 1 is 1.46 bits per heavy atom. The summed E-state index contributed by atoms with van der Waals surface area (Å²) in [4.78, 5) is 10.4. The molecule has 0 aromatic heterocycles. The van der Waals surface area contributed by atoms with Crippen molar-refractivity contribution in [3.8, 4) is 6.07 Å². The summed E-state index contributed by atoms with van der Waals surface area (Å²) in [6.07, 6.45) is 0. The third kappa shape index (κ3) is 1.47. The summed E-state index contributed by atoms with van der Waals surface area (Å²) >= 11 is 0. The van der Waals surface area contributed by atoms with Gasteiger partial charge in [0.25, 0.3) is 0 Å². The standard InChI is InChI=1S/C8H3F2NO2/c9-5-2-1-4(3-11)6(7(5)10)8(12)13/h1-2H,(H,12,13). The molecule has 0 atom stereocenters. The summed E-state index contributed by atoms with van der Waals surface area (Å²) in [5, 5.41) is 16.8. The number of benzene rings is 1. The fourth-order valence-electron chi connectivity index (χ4n) is 0.853. The van der Waals surface area contributed by atoms with Crippen LogP contribution >= 0.6 is 0 Å². The maximum Gasteiger partial charge on any atom is 0.340 e. The van der Waals surface area contributed by atoms with Crippen LogP contribution in [0.3, 0.4) is 0 Å². The first kappa shape index (κ1) is 9.13. The predicted molar refractivity (Wildman–Crippen MR) is 38.0 cm³/mol. The number of nitriles is 1. The molecule has 0 saturated heterocycles. The summed E-state index contributed by atoms with van der Waals surface area (Å²) in [5.41, 5.74) is -1.33. The van der Waals surface area contributed by atoms with Crippen molar-refractivity contribution in [3.05, 3.63) is 34.9 Å². The van der Waals surface area contributed by atoms with Crippen molar-refractivity contribution < 1.29 is 18.7 Å². The summed E-state index contributed by atoms with van der Waals surface area (Å²) in [6.45, 7) is 0. The van der Waals surface area contributed by atoms with Gasteiger partial charge in [0.2, 0.25) is 0 Å². The Balaban J connectivity index is 3.53. The molecule has 66 valence electrons. The SMILES string of the molecule is N#Cc1ccc(F)c(F)c1C(=O)O. The topological polar surface area (TPSA) is 61.1 Å². The highest BCUT2D eigenvalue weighted by Gasteiger charge is 2.19. The Labute approximate surface area is 71.8 Å². The monoisotopic (exact) mass is 183 g/mol. The van der Waals surface area contributed by atoms with E-state index in [2.05, 4.69) is 0 Å². The minimum Gasteiger partial charge on any atom is -0.478 e. The van der Waals surface area contributed by atoms with Gasteiger partial charge in [-0.1, -0.05) is 0 Å². The van der Waals surface area contributed by atoms with E-state index in [1.54, 1.807) is 0 Å². The van der Waals surface area contributed by atoms with Crippen molar-refractivity contribution >= 4 is 5.97 Å². The lowest BCUT2D eigenvalue weighted by atomic mass is 10.1. The van der Waals surface area contributed by atoms with Gasteiger partial charge in [-0.25, -0.2) is 13.6 Å². The molecule has 0 radical (unpaired) electrons. The zero-order chi connectivity index (χ0) is 10.0. The van der Waals surface area contributed by atoms with E-state index < -0.39 is 28.7 Å². The van der Waals surface area contributed by atoms with E-state index in [-0.39, 0.29) is 0 Å². The summed E-state index contributed by atoms with van der Waals surface area (Å²) in [5.74, 6) is -4.45. The van der Waals surface area contributed by atoms with Gasteiger partial charge in [-0.3, -0.25) is 0 Å². The number of hydrogen-bond donors (Lipinski definition) is 1. The molecule has 0 amide bonds. The summed E-state index contributed by atoms with van der Waals surface area (Å²) in [7, 11) is 0. The number of carboxylic acids is 1. The zero-order valence-electron chi connectivity index (χ0n) is 6.21. The number of aromatic carboxylic acids is 1. The van der Waals surface area contributed by atoms with Crippen LogP contribution in [-0.2, 0) is 0 Å². The van der Waals surface area contributed by atoms with Crippen LogP contribution in [0, 0.1) is 23.0 Å². The lowest BCUT2D eigenvalue weighted by molar-refractivity contribution is 0.0690. The summed E-state index contributed by atoms with van der Waals surface area (Å²) < 4.78 is 25.3. The van der Waals surface area contributed by atoms with Gasteiger partial charge < -0.3 is 5.11 Å². The molecule has 5 heteroatoms. The van der Waals surface area contributed by atoms with E-state index in [0.717, 1.165) is 6.07 Å². The molecule has 0 aliphatic carbocycles. The quantitative estimate of drug-likeness (QED) is 0.718. The number of carboxylic acid groups (broad SMARTS) is 1. The smallest absolute Gasteiger partial charge is 0.340 e. The highest BCUT2D eigenvalue weighted by Crippen LogP contribution is 2.15. The molecule has 0 aliphatic rings. The van der Waals surface area contributed by atoms with Crippen molar-refractivity contribution in [1.29, 1.82) is 5.26 Å². The lowest BCUT2D eigenvalue weighted by Gasteiger charge is -1.99. The molecule has 0 fully saturated rings. The molecule has 13 heavy (non-hydrogen) atoms. The Hall–Kier alpha value is -1.96. The Morgan fingerprint density at radius 2 is 2.08 bits per heavy atom. The average molecular weight is 183 g/mol. The van der Waals surface area contributed by atoms with Gasteiger partial charge in [0.15, 0.2) is 11.6 Å². The van der Waals surface area contributed by atoms with Gasteiger partial charge in [0.1, 0.15) is 11.6 Å². The molecule has 1 N–H and O–H groups in total. The van der Waals surface area contributed by atoms with Crippen molar-refractivity contribution in [2.45, 2.75) is 0 Å². The van der Waals surface area contributed by atoms with Crippen LogP contribution in [0.2, 0.25) is 0 Å². The van der Waals surface area contributed by atoms with Crippen LogP contribution in [-0.4, -0.2) is 11.1 Å². The second-order valence-electron chi connectivity index (χ2n) is 2.20. The Bertz CT molecular complexity index is 409. The molecule has 0 saturated carbocycles. The molecule has 0 heterocycles. The first-order valence-corrected chi connectivity index (χ1v) is 3.19. The number of rotatable bonds is 1. The van der Waals surface area contributed by atoms with Crippen molar-refractivity contribution in [3.63, 3.8) is 0 Å². The molecular weight excluding hydrogens is 180 g/mol. The van der Waals surface area contributed by atoms with E-state index in [9.17, 15) is 13.6 Å². The van der Waals surface area contributed by atoms with E-state index in [4.69, 9.17) is 10.4 Å². The highest BCUT2D eigenvalue weighted by atomic mass is 19.2. The minimum absolute atomic E-state index is 0.397. The first-order chi connectivity index (χ1) is 6.07. The van der Waals surface area contributed by atoms with Gasteiger partial charge in [-0.2, -0.15) is 5.26 Å². The Morgan fingerprint density at radius 3 is 2.54 bits per heavy atom. The second-order valence-corrected chi connectivity index (χ2v) is 2.20. The molecule has 0 unspecified atom stereocenters. The van der Waals surface area contributed by atoms with E-state index in [1.165, 1.54) is 6.07 Å². The van der Waals surface area contributed by atoms with Gasteiger partial charge >= 0.3 is 5.97 Å². The number of carbonyl (C=O) groups is 1. The lowest BCUT2D eigenvalue weighted by Crippen LogP contribution is -2.05. The predicted octanol–water partition coefficient (Wildman–Crippen LogP) is 1.53. The van der Waals surface area contributed by atoms with Crippen molar-refractivity contribution in [2.24, 2.45) is 0 Å². The number of nitrogens with zero attached hydrogens (tertiary/aromatic N) is 1. The normalized spacial score (nSPS) is 9.31. The summed E-state index contributed by atoms with van der Waals surface area (Å²) in [6, 6.07) is 3.08. The van der Waals surface area contributed by atoms with Gasteiger partial charge in [-0.05, 0) is 12.1 Å². The fraction of sp³-hybridized carbons (Fsp3) is 0.